The van der Waals surface area contributed by atoms with Gasteiger partial charge < -0.3 is 15.2 Å². The first-order chi connectivity index (χ1) is 13.1. The van der Waals surface area contributed by atoms with Gasteiger partial charge in [-0.2, -0.15) is 10.4 Å². The third-order valence-electron chi connectivity index (χ3n) is 6.05. The highest BCUT2D eigenvalue weighted by Gasteiger charge is 2.78. The van der Waals surface area contributed by atoms with Crippen molar-refractivity contribution in [3.05, 3.63) is 35.9 Å². The summed E-state index contributed by atoms with van der Waals surface area (Å²) in [5, 5.41) is 13.4. The van der Waals surface area contributed by atoms with Gasteiger partial charge in [-0.25, -0.2) is 0 Å². The number of methoxy groups -OCH3 is 1. The van der Waals surface area contributed by atoms with Crippen LogP contribution in [0.4, 0.5) is 0 Å². The second-order valence-electron chi connectivity index (χ2n) is 8.62. The molecule has 0 unspecified atom stereocenters. The number of carbonyl (C=O) groups excluding carboxylic acids is 1. The number of nitrogens with two attached hydrogens (primary N) is 1. The van der Waals surface area contributed by atoms with Gasteiger partial charge in [0.2, 0.25) is 0 Å². The molecule has 0 aromatic heterocycles. The molecule has 7 heteroatoms. The van der Waals surface area contributed by atoms with Gasteiger partial charge in [0.1, 0.15) is 17.6 Å². The molecule has 28 heavy (non-hydrogen) atoms. The summed E-state index contributed by atoms with van der Waals surface area (Å²) in [6.07, 6.45) is 5.82. The van der Waals surface area contributed by atoms with E-state index in [2.05, 4.69) is 44.3 Å². The number of hydrazone groups is 1. The highest BCUT2D eigenvalue weighted by molar-refractivity contribution is 5.92. The van der Waals surface area contributed by atoms with Crippen LogP contribution in [-0.4, -0.2) is 30.4 Å². The number of amides is 1. The van der Waals surface area contributed by atoms with Crippen LogP contribution in [0.3, 0.4) is 0 Å². The van der Waals surface area contributed by atoms with Crippen molar-refractivity contribution in [1.29, 1.82) is 5.26 Å². The molecule has 1 aromatic rings. The average Bonchev–Trinajstić information content (AvgIpc) is 2.64. The molecular weight excluding hydrogens is 356 g/mol. The first kappa shape index (κ1) is 19.7. The van der Waals surface area contributed by atoms with Gasteiger partial charge in [-0.3, -0.25) is 10.2 Å². The molecule has 0 bridgehead atoms. The molecule has 1 aromatic carbocycles. The summed E-state index contributed by atoms with van der Waals surface area (Å²) in [4.78, 5) is 12.8. The van der Waals surface area contributed by atoms with E-state index < -0.39 is 27.9 Å². The van der Waals surface area contributed by atoms with E-state index in [1.807, 2.05) is 0 Å². The number of allylic oxidation sites excluding steroid dienone is 1. The maximum atomic E-state index is 12.8. The molecule has 7 nitrogen and oxygen atoms in total. The van der Waals surface area contributed by atoms with Crippen LogP contribution in [-0.2, 0) is 4.79 Å². The molecule has 1 fully saturated rings. The highest BCUT2D eigenvalue weighted by Crippen LogP contribution is 2.67. The fourth-order valence-corrected chi connectivity index (χ4v) is 5.51. The van der Waals surface area contributed by atoms with Crippen LogP contribution >= 0.6 is 0 Å². The molecule has 0 radical (unpaired) electrons. The monoisotopic (exact) mass is 382 g/mol. The fourth-order valence-electron chi connectivity index (χ4n) is 5.51. The van der Waals surface area contributed by atoms with Crippen LogP contribution in [0, 0.1) is 22.2 Å². The van der Waals surface area contributed by atoms with Gasteiger partial charge in [0.15, 0.2) is 11.1 Å². The smallest absolute Gasteiger partial charge is 0.252 e. The van der Waals surface area contributed by atoms with E-state index in [0.29, 0.717) is 17.1 Å². The Hall–Kier alpha value is -3.01. The second kappa shape index (κ2) is 6.26. The van der Waals surface area contributed by atoms with Gasteiger partial charge in [-0.1, -0.05) is 27.7 Å². The van der Waals surface area contributed by atoms with Crippen molar-refractivity contribution in [2.45, 2.75) is 45.3 Å². The Balaban J connectivity index is 2.20. The van der Waals surface area contributed by atoms with Gasteiger partial charge in [0.25, 0.3) is 5.91 Å². The van der Waals surface area contributed by atoms with Crippen molar-refractivity contribution in [3.8, 4) is 17.6 Å². The molecule has 1 amide bonds. The van der Waals surface area contributed by atoms with Crippen LogP contribution in [0.25, 0.3) is 0 Å². The summed E-state index contributed by atoms with van der Waals surface area (Å²) in [5.41, 5.74) is 6.10. The largest absolute Gasteiger partial charge is 0.495 e. The summed E-state index contributed by atoms with van der Waals surface area (Å²) in [6.45, 7) is 8.21. The molecule has 2 aliphatic rings. The number of ether oxygens (including phenoxy) is 2. The fraction of sp³-hybridized carbons (Fsp3) is 0.476. The molecule has 1 aliphatic heterocycles. The van der Waals surface area contributed by atoms with Crippen molar-refractivity contribution in [2.75, 3.05) is 7.11 Å². The normalized spacial score (nSPS) is 25.7. The van der Waals surface area contributed by atoms with Crippen LogP contribution in [0.1, 0.15) is 39.7 Å². The predicted octanol–water partition coefficient (Wildman–Crippen LogP) is 2.51. The minimum Gasteiger partial charge on any atom is -0.495 e. The third-order valence-corrected chi connectivity index (χ3v) is 6.05. The lowest BCUT2D eigenvalue weighted by molar-refractivity contribution is -0.258. The molecule has 1 aliphatic carbocycles. The summed E-state index contributed by atoms with van der Waals surface area (Å²) < 4.78 is 12.0. The van der Waals surface area contributed by atoms with E-state index in [4.69, 9.17) is 15.2 Å². The zero-order chi connectivity index (χ0) is 20.8. The molecule has 0 spiro atoms. The lowest BCUT2D eigenvalue weighted by Crippen LogP contribution is -2.85. The Bertz CT molecular complexity index is 897. The topological polar surface area (TPSA) is 110 Å². The standard InChI is InChI=1S/C21H26N4O3/c1-18(2)13-19(3,4)21(18,20(17(23)26)9-6-10-24-25-20)28-15-8-7-14(12-22)16(11-15)27-5/h6-11,25H,13H2,1-5H3,(H2,23,26)/t20-/m0/s1. The summed E-state index contributed by atoms with van der Waals surface area (Å²) in [6, 6.07) is 7.10. The summed E-state index contributed by atoms with van der Waals surface area (Å²) in [7, 11) is 1.50. The van der Waals surface area contributed by atoms with Gasteiger partial charge >= 0.3 is 0 Å². The molecule has 148 valence electrons. The number of hydrogen-bond donors (Lipinski definition) is 2. The molecule has 1 heterocycles. The van der Waals surface area contributed by atoms with Crippen molar-refractivity contribution >= 4 is 12.1 Å². The number of benzene rings is 1. The Labute approximate surface area is 165 Å². The van der Waals surface area contributed by atoms with Gasteiger partial charge in [0.05, 0.1) is 12.7 Å². The maximum absolute atomic E-state index is 12.8. The number of nitriles is 1. The van der Waals surface area contributed by atoms with Crippen molar-refractivity contribution in [3.63, 3.8) is 0 Å². The molecule has 1 atom stereocenters. The first-order valence-corrected chi connectivity index (χ1v) is 9.12. The Morgan fingerprint density at radius 2 is 1.96 bits per heavy atom. The lowest BCUT2D eigenvalue weighted by Gasteiger charge is -2.70. The average molecular weight is 382 g/mol. The molecular formula is C21H26N4O3. The molecule has 0 saturated heterocycles. The van der Waals surface area contributed by atoms with Gasteiger partial charge in [0, 0.05) is 23.1 Å². The van der Waals surface area contributed by atoms with Crippen LogP contribution in [0.5, 0.6) is 11.5 Å². The number of primary amides is 1. The third kappa shape index (κ3) is 2.40. The van der Waals surface area contributed by atoms with E-state index in [1.54, 1.807) is 36.6 Å². The predicted molar refractivity (Wildman–Crippen MR) is 106 cm³/mol. The Kier molecular flexibility index (Phi) is 4.42. The minimum atomic E-state index is -1.34. The number of nitrogens with zero attached hydrogens (tertiary/aromatic N) is 2. The van der Waals surface area contributed by atoms with Gasteiger partial charge in [-0.15, -0.1) is 0 Å². The highest BCUT2D eigenvalue weighted by atomic mass is 16.5. The molecule has 3 rings (SSSR count). The molecule has 3 N–H and O–H groups in total. The Morgan fingerprint density at radius 1 is 1.29 bits per heavy atom. The number of hydrogen-bond acceptors (Lipinski definition) is 6. The summed E-state index contributed by atoms with van der Waals surface area (Å²) >= 11 is 0. The second-order valence-corrected chi connectivity index (χ2v) is 8.62. The van der Waals surface area contributed by atoms with Gasteiger partial charge in [-0.05, 0) is 30.7 Å². The minimum absolute atomic E-state index is 0.404. The quantitative estimate of drug-likeness (QED) is 0.813. The van der Waals surface area contributed by atoms with E-state index in [1.165, 1.54) is 7.11 Å². The lowest BCUT2D eigenvalue weighted by atomic mass is 9.39. The van der Waals surface area contributed by atoms with E-state index in [9.17, 15) is 10.1 Å². The van der Waals surface area contributed by atoms with Crippen LogP contribution in [0.2, 0.25) is 0 Å². The van der Waals surface area contributed by atoms with Crippen molar-refractivity contribution < 1.29 is 14.3 Å². The number of rotatable bonds is 5. The van der Waals surface area contributed by atoms with E-state index in [-0.39, 0.29) is 0 Å². The summed E-state index contributed by atoms with van der Waals surface area (Å²) in [5.74, 6) is 0.326. The van der Waals surface area contributed by atoms with Crippen LogP contribution in [0.15, 0.2) is 35.5 Å². The van der Waals surface area contributed by atoms with E-state index >= 15 is 0 Å². The number of nitrogens with one attached hydrogen (secondary N) is 1. The SMILES string of the molecule is COc1cc(OC2([C@@]3(C(N)=O)C=CC=NN3)C(C)(C)CC2(C)C)ccc1C#N. The Morgan fingerprint density at radius 3 is 2.43 bits per heavy atom. The van der Waals surface area contributed by atoms with E-state index in [0.717, 1.165) is 6.42 Å². The number of carbonyl (C=O) groups is 1. The first-order valence-electron chi connectivity index (χ1n) is 9.12. The van der Waals surface area contributed by atoms with Crippen molar-refractivity contribution in [2.24, 2.45) is 21.7 Å². The zero-order valence-corrected chi connectivity index (χ0v) is 16.9. The zero-order valence-electron chi connectivity index (χ0n) is 16.9. The van der Waals surface area contributed by atoms with Crippen molar-refractivity contribution in [1.82, 2.24) is 5.43 Å². The maximum Gasteiger partial charge on any atom is 0.252 e. The van der Waals surface area contributed by atoms with Crippen LogP contribution < -0.4 is 20.6 Å². The molecule has 1 saturated carbocycles.